The van der Waals surface area contributed by atoms with Crippen molar-refractivity contribution in [1.82, 2.24) is 0 Å². The van der Waals surface area contributed by atoms with Crippen molar-refractivity contribution < 1.29 is 19.1 Å². The second-order valence-electron chi connectivity index (χ2n) is 8.51. The predicted octanol–water partition coefficient (Wildman–Crippen LogP) is 4.70. The highest BCUT2D eigenvalue weighted by molar-refractivity contribution is 5.90. The molecule has 1 aliphatic carbocycles. The second-order valence-corrected chi connectivity index (χ2v) is 8.51. The van der Waals surface area contributed by atoms with E-state index in [2.05, 4.69) is 30.6 Å². The summed E-state index contributed by atoms with van der Waals surface area (Å²) in [6.07, 6.45) is 2.64. The number of ketones is 1. The number of carbonyl (C=O) groups is 2. The summed E-state index contributed by atoms with van der Waals surface area (Å²) in [7, 11) is 1.53. The van der Waals surface area contributed by atoms with Gasteiger partial charge in [0.25, 0.3) is 0 Å². The van der Waals surface area contributed by atoms with E-state index in [0.717, 1.165) is 22.6 Å². The van der Waals surface area contributed by atoms with Crippen LogP contribution < -0.4 is 20.1 Å². The van der Waals surface area contributed by atoms with Gasteiger partial charge in [-0.3, -0.25) is 9.59 Å². The zero-order valence-electron chi connectivity index (χ0n) is 17.6. The molecule has 0 saturated heterocycles. The summed E-state index contributed by atoms with van der Waals surface area (Å²) in [6.45, 7) is 5.50. The molecule has 0 spiro atoms. The van der Waals surface area contributed by atoms with Gasteiger partial charge < -0.3 is 20.1 Å². The molecule has 0 saturated carbocycles. The van der Waals surface area contributed by atoms with Gasteiger partial charge in [-0.1, -0.05) is 38.1 Å². The SMILES string of the molecule is COc1cc(C2Nc3ccccc3NC3=CC(C)(C)CC(=O)C32)ccc1OC(C)=O. The predicted molar refractivity (Wildman–Crippen MR) is 116 cm³/mol. The number of fused-ring (bicyclic) bond motifs is 2. The fraction of sp³-hybridized carbons (Fsp3) is 0.333. The molecule has 0 amide bonds. The molecule has 2 aromatic carbocycles. The highest BCUT2D eigenvalue weighted by atomic mass is 16.6. The van der Waals surface area contributed by atoms with Crippen LogP contribution in [0.2, 0.25) is 0 Å². The van der Waals surface area contributed by atoms with Gasteiger partial charge >= 0.3 is 5.97 Å². The Labute approximate surface area is 176 Å². The Morgan fingerprint density at radius 3 is 2.53 bits per heavy atom. The first-order valence-corrected chi connectivity index (χ1v) is 10.0. The molecule has 2 unspecified atom stereocenters. The van der Waals surface area contributed by atoms with Gasteiger partial charge in [-0.15, -0.1) is 0 Å². The first-order chi connectivity index (χ1) is 14.3. The summed E-state index contributed by atoms with van der Waals surface area (Å²) in [5, 5.41) is 7.05. The highest BCUT2D eigenvalue weighted by Crippen LogP contribution is 2.46. The highest BCUT2D eigenvalue weighted by Gasteiger charge is 2.41. The van der Waals surface area contributed by atoms with Crippen LogP contribution in [0.15, 0.2) is 54.2 Å². The third-order valence-corrected chi connectivity index (χ3v) is 5.51. The maximum atomic E-state index is 13.3. The first-order valence-electron chi connectivity index (χ1n) is 10.0. The van der Waals surface area contributed by atoms with Crippen molar-refractivity contribution in [1.29, 1.82) is 0 Å². The Hall–Kier alpha value is -3.28. The van der Waals surface area contributed by atoms with E-state index in [9.17, 15) is 9.59 Å². The van der Waals surface area contributed by atoms with Crippen molar-refractivity contribution in [2.75, 3.05) is 17.7 Å². The third kappa shape index (κ3) is 3.77. The maximum absolute atomic E-state index is 13.3. The Morgan fingerprint density at radius 1 is 1.10 bits per heavy atom. The summed E-state index contributed by atoms with van der Waals surface area (Å²) in [4.78, 5) is 24.7. The molecule has 1 aliphatic heterocycles. The molecule has 2 N–H and O–H groups in total. The number of Topliss-reactive ketones (excluding diaryl/α,β-unsaturated/α-hetero) is 1. The summed E-state index contributed by atoms with van der Waals surface area (Å²) in [5.74, 6) is 0.201. The number of rotatable bonds is 3. The molecule has 4 rings (SSSR count). The smallest absolute Gasteiger partial charge is 0.308 e. The minimum absolute atomic E-state index is 0.179. The number of methoxy groups -OCH3 is 1. The van der Waals surface area contributed by atoms with Gasteiger partial charge in [0.15, 0.2) is 11.5 Å². The summed E-state index contributed by atoms with van der Waals surface area (Å²) in [6, 6.07) is 13.0. The van der Waals surface area contributed by atoms with E-state index in [0.29, 0.717) is 17.9 Å². The molecule has 156 valence electrons. The lowest BCUT2D eigenvalue weighted by Crippen LogP contribution is -2.36. The molecule has 6 nitrogen and oxygen atoms in total. The number of esters is 1. The molecular formula is C24H26N2O4. The van der Waals surface area contributed by atoms with Crippen molar-refractivity contribution in [3.63, 3.8) is 0 Å². The lowest BCUT2D eigenvalue weighted by atomic mass is 9.72. The van der Waals surface area contributed by atoms with Crippen LogP contribution in [0.4, 0.5) is 11.4 Å². The number of ether oxygens (including phenoxy) is 2. The van der Waals surface area contributed by atoms with Crippen molar-refractivity contribution in [3.8, 4) is 11.5 Å². The molecular weight excluding hydrogens is 380 g/mol. The van der Waals surface area contributed by atoms with Crippen molar-refractivity contribution in [2.45, 2.75) is 33.2 Å². The lowest BCUT2D eigenvalue weighted by Gasteiger charge is -2.35. The minimum atomic E-state index is -0.415. The zero-order chi connectivity index (χ0) is 21.5. The minimum Gasteiger partial charge on any atom is -0.493 e. The second kappa shape index (κ2) is 7.52. The van der Waals surface area contributed by atoms with Crippen LogP contribution >= 0.6 is 0 Å². The van der Waals surface area contributed by atoms with Gasteiger partial charge in [0.1, 0.15) is 5.78 Å². The molecule has 0 radical (unpaired) electrons. The third-order valence-electron chi connectivity index (χ3n) is 5.51. The number of anilines is 2. The zero-order valence-corrected chi connectivity index (χ0v) is 17.6. The molecule has 0 aromatic heterocycles. The lowest BCUT2D eigenvalue weighted by molar-refractivity contribution is -0.132. The van der Waals surface area contributed by atoms with Crippen LogP contribution in [0.25, 0.3) is 0 Å². The number of hydrogen-bond donors (Lipinski definition) is 2. The standard InChI is InChI=1S/C24H26N2O4/c1-14(27)30-20-10-9-15(11-21(20)29-4)23-22-18(12-24(2,3)13-19(22)28)25-16-7-5-6-8-17(16)26-23/h5-12,22-23,25-26H,13H2,1-4H3. The van der Waals surface area contributed by atoms with E-state index in [1.165, 1.54) is 14.0 Å². The molecule has 2 aromatic rings. The molecule has 0 bridgehead atoms. The number of hydrogen-bond acceptors (Lipinski definition) is 6. The van der Waals surface area contributed by atoms with E-state index in [4.69, 9.17) is 9.47 Å². The van der Waals surface area contributed by atoms with E-state index in [1.807, 2.05) is 36.4 Å². The normalized spacial score (nSPS) is 21.7. The molecule has 6 heteroatoms. The molecule has 1 heterocycles. The fourth-order valence-electron chi connectivity index (χ4n) is 4.29. The quantitative estimate of drug-likeness (QED) is 0.568. The van der Waals surface area contributed by atoms with Crippen molar-refractivity contribution in [2.24, 2.45) is 11.3 Å². The maximum Gasteiger partial charge on any atom is 0.308 e. The van der Waals surface area contributed by atoms with Gasteiger partial charge in [-0.25, -0.2) is 0 Å². The Bertz CT molecular complexity index is 1040. The Morgan fingerprint density at radius 2 is 1.83 bits per heavy atom. The summed E-state index contributed by atoms with van der Waals surface area (Å²) >= 11 is 0. The molecule has 2 atom stereocenters. The molecule has 0 fully saturated rings. The van der Waals surface area contributed by atoms with Crippen LogP contribution in [0.5, 0.6) is 11.5 Å². The van der Waals surface area contributed by atoms with Crippen molar-refractivity contribution in [3.05, 3.63) is 59.8 Å². The Kier molecular flexibility index (Phi) is 5.02. The fourth-order valence-corrected chi connectivity index (χ4v) is 4.29. The monoisotopic (exact) mass is 406 g/mol. The van der Waals surface area contributed by atoms with Crippen LogP contribution in [0, 0.1) is 11.3 Å². The molecule has 2 aliphatic rings. The number of allylic oxidation sites excluding steroid dienone is 1. The summed E-state index contributed by atoms with van der Waals surface area (Å²) in [5.41, 5.74) is 3.43. The average molecular weight is 406 g/mol. The summed E-state index contributed by atoms with van der Waals surface area (Å²) < 4.78 is 10.7. The molecule has 30 heavy (non-hydrogen) atoms. The van der Waals surface area contributed by atoms with Crippen LogP contribution in [-0.2, 0) is 9.59 Å². The van der Waals surface area contributed by atoms with Crippen molar-refractivity contribution >= 4 is 23.1 Å². The van der Waals surface area contributed by atoms with E-state index in [-0.39, 0.29) is 23.2 Å². The first kappa shape index (κ1) is 20.0. The van der Waals surface area contributed by atoms with Gasteiger partial charge in [0.05, 0.1) is 30.4 Å². The largest absolute Gasteiger partial charge is 0.493 e. The van der Waals surface area contributed by atoms with Gasteiger partial charge in [0.2, 0.25) is 0 Å². The number of nitrogens with one attached hydrogen (secondary N) is 2. The van der Waals surface area contributed by atoms with E-state index in [1.54, 1.807) is 6.07 Å². The Balaban J connectivity index is 1.83. The van der Waals surface area contributed by atoms with Gasteiger partial charge in [0, 0.05) is 19.0 Å². The number of para-hydroxylation sites is 2. The van der Waals surface area contributed by atoms with Gasteiger partial charge in [-0.2, -0.15) is 0 Å². The van der Waals surface area contributed by atoms with Gasteiger partial charge in [-0.05, 0) is 35.2 Å². The number of benzene rings is 2. The topological polar surface area (TPSA) is 76.7 Å². The van der Waals surface area contributed by atoms with Crippen LogP contribution in [-0.4, -0.2) is 18.9 Å². The van der Waals surface area contributed by atoms with E-state index >= 15 is 0 Å². The average Bonchev–Trinajstić information content (AvgIpc) is 2.83. The van der Waals surface area contributed by atoms with Crippen LogP contribution in [0.1, 0.15) is 38.8 Å². The number of carbonyl (C=O) groups excluding carboxylic acids is 2. The van der Waals surface area contributed by atoms with E-state index < -0.39 is 5.97 Å². The van der Waals surface area contributed by atoms with Crippen LogP contribution in [0.3, 0.4) is 0 Å².